The average Bonchev–Trinajstić information content (AvgIpc) is 3.24. The number of urea groups is 1. The van der Waals surface area contributed by atoms with Crippen molar-refractivity contribution in [2.75, 3.05) is 13.6 Å². The smallest absolute Gasteiger partial charge is 0.367 e. The van der Waals surface area contributed by atoms with E-state index in [0.29, 0.717) is 36.1 Å². The zero-order valence-corrected chi connectivity index (χ0v) is 19.0. The molecule has 2 aromatic carbocycles. The van der Waals surface area contributed by atoms with Gasteiger partial charge in [0.15, 0.2) is 0 Å². The number of hydroxylamine groups is 2. The van der Waals surface area contributed by atoms with E-state index in [1.807, 2.05) is 6.07 Å². The highest BCUT2D eigenvalue weighted by Gasteiger charge is 2.50. The number of hydrogen-bond donors (Lipinski definition) is 2. The molecule has 2 N–H and O–H groups in total. The first-order valence-electron chi connectivity index (χ1n) is 11.3. The van der Waals surface area contributed by atoms with Gasteiger partial charge < -0.3 is 10.1 Å². The van der Waals surface area contributed by atoms with Crippen LogP contribution in [-0.4, -0.2) is 46.8 Å². The van der Waals surface area contributed by atoms with Crippen LogP contribution in [0.15, 0.2) is 65.8 Å². The van der Waals surface area contributed by atoms with Crippen molar-refractivity contribution in [3.05, 3.63) is 83.4 Å². The van der Waals surface area contributed by atoms with Gasteiger partial charge in [0.05, 0.1) is 5.56 Å². The van der Waals surface area contributed by atoms with Crippen LogP contribution in [0.3, 0.4) is 0 Å². The summed E-state index contributed by atoms with van der Waals surface area (Å²) in [5, 5.41) is 19.1. The first-order valence-corrected chi connectivity index (χ1v) is 11.3. The molecule has 0 fully saturated rings. The van der Waals surface area contributed by atoms with E-state index in [4.69, 9.17) is 4.74 Å². The molecule has 0 saturated heterocycles. The molecule has 2 aliphatic rings. The summed E-state index contributed by atoms with van der Waals surface area (Å²) >= 11 is 0. The van der Waals surface area contributed by atoms with Crippen LogP contribution in [0.5, 0.6) is 0 Å². The highest BCUT2D eigenvalue weighted by atomic mass is 19.1. The van der Waals surface area contributed by atoms with E-state index in [0.717, 1.165) is 42.5 Å². The van der Waals surface area contributed by atoms with Crippen molar-refractivity contribution in [1.82, 2.24) is 15.4 Å². The first-order chi connectivity index (χ1) is 16.4. The summed E-state index contributed by atoms with van der Waals surface area (Å²) in [4.78, 5) is 13.0. The molecule has 0 bridgehead atoms. The molecule has 9 heteroatoms. The summed E-state index contributed by atoms with van der Waals surface area (Å²) < 4.78 is 34.7. The number of nitrogens with one attached hydrogen (secondary N) is 1. The van der Waals surface area contributed by atoms with Crippen molar-refractivity contribution < 1.29 is 23.5 Å². The summed E-state index contributed by atoms with van der Waals surface area (Å²) in [6.07, 6.45) is 8.30. The Morgan fingerprint density at radius 2 is 2.06 bits per heavy atom. The van der Waals surface area contributed by atoms with Crippen LogP contribution in [0.25, 0.3) is 0 Å². The average molecular weight is 471 g/mol. The second kappa shape index (κ2) is 10.3. The van der Waals surface area contributed by atoms with E-state index in [9.17, 15) is 18.8 Å². The molecule has 0 radical (unpaired) electrons. The van der Waals surface area contributed by atoms with E-state index in [2.05, 4.69) is 22.6 Å². The molecule has 7 nitrogen and oxygen atoms in total. The topological polar surface area (TPSA) is 77.4 Å². The molecule has 2 amide bonds. The Morgan fingerprint density at radius 3 is 2.76 bits per heavy atom. The highest BCUT2D eigenvalue weighted by Crippen LogP contribution is 2.41. The fourth-order valence-electron chi connectivity index (χ4n) is 4.29. The van der Waals surface area contributed by atoms with Crippen LogP contribution < -0.4 is 5.32 Å². The Labute approximate surface area is 197 Å². The lowest BCUT2D eigenvalue weighted by molar-refractivity contribution is -0.0946. The van der Waals surface area contributed by atoms with E-state index in [1.54, 1.807) is 24.3 Å². The van der Waals surface area contributed by atoms with Gasteiger partial charge in [-0.3, -0.25) is 5.21 Å². The summed E-state index contributed by atoms with van der Waals surface area (Å²) in [7, 11) is 1.17. The van der Waals surface area contributed by atoms with Gasteiger partial charge >= 0.3 is 6.03 Å². The maximum Gasteiger partial charge on any atom is 0.367 e. The van der Waals surface area contributed by atoms with Gasteiger partial charge in [-0.25, -0.2) is 18.6 Å². The fourth-order valence-corrected chi connectivity index (χ4v) is 4.29. The minimum Gasteiger partial charge on any atom is -0.443 e. The van der Waals surface area contributed by atoms with Gasteiger partial charge in [0.2, 0.25) is 11.6 Å². The third kappa shape index (κ3) is 4.95. The Kier molecular flexibility index (Phi) is 7.23. The molecule has 34 heavy (non-hydrogen) atoms. The van der Waals surface area contributed by atoms with Crippen molar-refractivity contribution >= 4 is 11.9 Å². The van der Waals surface area contributed by atoms with Crippen molar-refractivity contribution in [1.29, 1.82) is 0 Å². The molecule has 0 aromatic heterocycles. The largest absolute Gasteiger partial charge is 0.443 e. The standard InChI is InChI=1S/C25H28F2N4O3/c1-30(33)24(32)31-25(18-9-4-2-5-10-18,15-8-16-28-20-11-6-3-7-12-20)34-23(29-31)21-17-19(26)13-14-22(21)27/h2-6,9-10,13-14,17,20,28,33H,7-8,11-12,15-16H2,1H3. The van der Waals surface area contributed by atoms with E-state index < -0.39 is 23.4 Å². The lowest BCUT2D eigenvalue weighted by Gasteiger charge is -2.36. The predicted molar refractivity (Wildman–Crippen MR) is 123 cm³/mol. The molecule has 2 atom stereocenters. The molecular weight excluding hydrogens is 442 g/mol. The van der Waals surface area contributed by atoms with Crippen molar-refractivity contribution in [2.45, 2.75) is 43.9 Å². The van der Waals surface area contributed by atoms with Crippen LogP contribution in [0.2, 0.25) is 0 Å². The molecule has 0 spiro atoms. The third-order valence-corrected chi connectivity index (χ3v) is 6.03. The molecule has 0 saturated carbocycles. The van der Waals surface area contributed by atoms with Crippen molar-refractivity contribution in [3.8, 4) is 0 Å². The number of ether oxygens (including phenoxy) is 1. The summed E-state index contributed by atoms with van der Waals surface area (Å²) in [5.74, 6) is -1.63. The highest BCUT2D eigenvalue weighted by molar-refractivity contribution is 5.97. The minimum absolute atomic E-state index is 0.205. The van der Waals surface area contributed by atoms with Gasteiger partial charge in [-0.05, 0) is 50.4 Å². The van der Waals surface area contributed by atoms with Crippen molar-refractivity contribution in [3.63, 3.8) is 0 Å². The van der Waals surface area contributed by atoms with Crippen LogP contribution in [-0.2, 0) is 10.5 Å². The fraction of sp³-hybridized carbons (Fsp3) is 0.360. The Morgan fingerprint density at radius 1 is 1.26 bits per heavy atom. The second-order valence-electron chi connectivity index (χ2n) is 8.44. The van der Waals surface area contributed by atoms with E-state index in [1.165, 1.54) is 7.05 Å². The second-order valence-corrected chi connectivity index (χ2v) is 8.44. The number of hydrogen-bond acceptors (Lipinski definition) is 5. The lowest BCUT2D eigenvalue weighted by atomic mass is 9.96. The first kappa shape index (κ1) is 23.8. The van der Waals surface area contributed by atoms with Crippen LogP contribution in [0.1, 0.15) is 43.2 Å². The predicted octanol–water partition coefficient (Wildman–Crippen LogP) is 4.73. The van der Waals surface area contributed by atoms with Gasteiger partial charge in [-0.15, -0.1) is 5.10 Å². The van der Waals surface area contributed by atoms with Gasteiger partial charge in [-0.1, -0.05) is 42.5 Å². The zero-order valence-electron chi connectivity index (χ0n) is 19.0. The number of halogens is 2. The van der Waals surface area contributed by atoms with Gasteiger partial charge in [0.25, 0.3) is 0 Å². The number of nitrogens with zero attached hydrogens (tertiary/aromatic N) is 3. The number of carbonyl (C=O) groups excluding carboxylic acids is 1. The van der Waals surface area contributed by atoms with E-state index in [-0.39, 0.29) is 11.5 Å². The quantitative estimate of drug-likeness (QED) is 0.265. The number of rotatable bonds is 7. The molecule has 2 aromatic rings. The van der Waals surface area contributed by atoms with Crippen LogP contribution in [0, 0.1) is 11.6 Å². The van der Waals surface area contributed by atoms with Gasteiger partial charge in [0.1, 0.15) is 11.6 Å². The maximum absolute atomic E-state index is 14.6. The Balaban J connectivity index is 1.65. The van der Waals surface area contributed by atoms with Crippen LogP contribution >= 0.6 is 0 Å². The number of benzene rings is 2. The summed E-state index contributed by atoms with van der Waals surface area (Å²) in [6.45, 7) is 0.664. The maximum atomic E-state index is 14.6. The summed E-state index contributed by atoms with van der Waals surface area (Å²) in [5.41, 5.74) is -1.05. The molecular formula is C25H28F2N4O3. The minimum atomic E-state index is -1.45. The molecule has 1 aliphatic heterocycles. The molecule has 1 aliphatic carbocycles. The van der Waals surface area contributed by atoms with Crippen LogP contribution in [0.4, 0.5) is 13.6 Å². The molecule has 2 unspecified atom stereocenters. The van der Waals surface area contributed by atoms with Gasteiger partial charge in [-0.2, -0.15) is 5.01 Å². The number of carbonyl (C=O) groups is 1. The zero-order chi connectivity index (χ0) is 24.1. The van der Waals surface area contributed by atoms with Crippen molar-refractivity contribution in [2.24, 2.45) is 5.10 Å². The van der Waals surface area contributed by atoms with E-state index >= 15 is 0 Å². The lowest BCUT2D eigenvalue weighted by Crippen LogP contribution is -2.49. The monoisotopic (exact) mass is 470 g/mol. The SMILES string of the molecule is CN(O)C(=O)N1N=C(c2cc(F)ccc2F)OC1(CCCNC1CC=CCC1)c1ccccc1. The Bertz CT molecular complexity index is 1080. The summed E-state index contributed by atoms with van der Waals surface area (Å²) in [6, 6.07) is 11.4. The molecule has 1 heterocycles. The van der Waals surface area contributed by atoms with Gasteiger partial charge in [0, 0.05) is 25.1 Å². The number of hydrazone groups is 1. The third-order valence-electron chi connectivity index (χ3n) is 6.03. The molecule has 4 rings (SSSR count). The molecule has 180 valence electrons. The normalized spacial score (nSPS) is 21.8. The number of amides is 2. The Hall–Kier alpha value is -3.30. The number of allylic oxidation sites excluding steroid dienone is 1.